The number of anilines is 1. The van der Waals surface area contributed by atoms with E-state index < -0.39 is 15.5 Å². The molecule has 0 amide bonds. The van der Waals surface area contributed by atoms with E-state index in [0.29, 0.717) is 13.0 Å². The largest absolute Gasteiger partial charge is 1.00 e. The smallest absolute Gasteiger partial charge is 1.00 e. The van der Waals surface area contributed by atoms with Crippen LogP contribution >= 0.6 is 0 Å². The molecule has 0 spiro atoms. The van der Waals surface area contributed by atoms with Crippen LogP contribution in [0.1, 0.15) is 27.3 Å². The van der Waals surface area contributed by atoms with Gasteiger partial charge in [0.1, 0.15) is 0 Å². The molecule has 0 aliphatic rings. The third kappa shape index (κ3) is 4.55. The van der Waals surface area contributed by atoms with E-state index in [1.54, 1.807) is 11.8 Å². The average molecular weight is 281 g/mol. The molecule has 1 unspecified atom stereocenters. The van der Waals surface area contributed by atoms with Crippen LogP contribution < -0.4 is 34.5 Å². The summed E-state index contributed by atoms with van der Waals surface area (Å²) in [6, 6.07) is 7.59. The number of nitrogens with zero attached hydrogens (tertiary/aromatic N) is 1. The van der Waals surface area contributed by atoms with E-state index in [4.69, 9.17) is 0 Å². The maximum absolute atomic E-state index is 11.3. The Morgan fingerprint density at radius 3 is 2.39 bits per heavy atom. The topological polar surface area (TPSA) is 57.6 Å². The summed E-state index contributed by atoms with van der Waals surface area (Å²) in [5, 5.41) is -0.880. The third-order valence-corrected chi connectivity index (χ3v) is 3.99. The number of rotatable bonds is 5. The van der Waals surface area contributed by atoms with Gasteiger partial charge < -0.3 is 6.33 Å². The van der Waals surface area contributed by atoms with Gasteiger partial charge in [0.2, 0.25) is 0 Å². The summed E-state index contributed by atoms with van der Waals surface area (Å²) < 4.78 is 31.9. The number of hydrogen-bond acceptors (Lipinski definition) is 3. The van der Waals surface area contributed by atoms with Crippen molar-refractivity contribution in [3.8, 4) is 0 Å². The molecule has 0 saturated heterocycles. The minimum atomic E-state index is -4.06. The van der Waals surface area contributed by atoms with Gasteiger partial charge >= 0.3 is 29.6 Å². The van der Waals surface area contributed by atoms with Crippen LogP contribution in [-0.2, 0) is 10.1 Å². The van der Waals surface area contributed by atoms with E-state index in [-0.39, 0.29) is 31.0 Å². The Morgan fingerprint density at radius 2 is 2.00 bits per heavy atom. The molecule has 0 saturated carbocycles. The normalized spacial score (nSPS) is 12.7. The fourth-order valence-corrected chi connectivity index (χ4v) is 2.96. The third-order valence-electron chi connectivity index (χ3n) is 2.71. The Kier molecular flexibility index (Phi) is 7.47. The molecule has 0 heterocycles. The minimum Gasteiger partial charge on any atom is -1.00 e. The van der Waals surface area contributed by atoms with E-state index in [9.17, 15) is 13.0 Å². The fourth-order valence-electron chi connectivity index (χ4n) is 1.95. The van der Waals surface area contributed by atoms with Crippen molar-refractivity contribution in [3.05, 3.63) is 29.8 Å². The van der Waals surface area contributed by atoms with Crippen LogP contribution in [0.3, 0.4) is 0 Å². The van der Waals surface area contributed by atoms with Gasteiger partial charge in [0.25, 0.3) is 10.1 Å². The molecular formula is C12H20NNaO3S. The maximum atomic E-state index is 11.3. The van der Waals surface area contributed by atoms with Gasteiger partial charge in [-0.05, 0) is 38.0 Å². The van der Waals surface area contributed by atoms with Gasteiger partial charge in [-0.1, -0.05) is 19.1 Å². The van der Waals surface area contributed by atoms with Crippen molar-refractivity contribution < 1.29 is 44.0 Å². The van der Waals surface area contributed by atoms with E-state index in [1.165, 1.54) is 0 Å². The molecule has 0 aliphatic carbocycles. The summed E-state index contributed by atoms with van der Waals surface area (Å²) in [6.07, 6.45) is 0.348. The first-order valence-electron chi connectivity index (χ1n) is 5.69. The van der Waals surface area contributed by atoms with Crippen molar-refractivity contribution in [1.82, 2.24) is 0 Å². The van der Waals surface area contributed by atoms with Crippen molar-refractivity contribution in [2.24, 2.45) is 0 Å². The Hall–Kier alpha value is -0.0700. The molecule has 0 fully saturated rings. The summed E-state index contributed by atoms with van der Waals surface area (Å²) in [5.41, 5.74) is 1.88. The van der Waals surface area contributed by atoms with Crippen LogP contribution in [0.5, 0.6) is 0 Å². The van der Waals surface area contributed by atoms with Crippen molar-refractivity contribution in [3.63, 3.8) is 0 Å². The molecule has 1 rings (SSSR count). The molecule has 1 N–H and O–H groups in total. The molecule has 0 aromatic heterocycles. The summed E-state index contributed by atoms with van der Waals surface area (Å²) >= 11 is 0. The Morgan fingerprint density at radius 1 is 1.39 bits per heavy atom. The van der Waals surface area contributed by atoms with Gasteiger partial charge in [0.15, 0.2) is 5.37 Å². The van der Waals surface area contributed by atoms with Crippen molar-refractivity contribution >= 4 is 15.8 Å². The van der Waals surface area contributed by atoms with E-state index >= 15 is 0 Å². The summed E-state index contributed by atoms with van der Waals surface area (Å²) in [7, 11) is -4.06. The van der Waals surface area contributed by atoms with E-state index in [1.807, 2.05) is 38.1 Å². The summed E-state index contributed by atoms with van der Waals surface area (Å²) in [6.45, 7) is 6.10. The average Bonchev–Trinajstić information content (AvgIpc) is 2.23. The van der Waals surface area contributed by atoms with Crippen LogP contribution in [0.2, 0.25) is 0 Å². The Balaban J connectivity index is 0. The summed E-state index contributed by atoms with van der Waals surface area (Å²) in [5.74, 6) is 0. The first-order valence-corrected chi connectivity index (χ1v) is 7.20. The molecular weight excluding hydrogens is 261 g/mol. The zero-order valence-corrected chi connectivity index (χ0v) is 14.2. The molecule has 0 radical (unpaired) electrons. The summed E-state index contributed by atoms with van der Waals surface area (Å²) in [4.78, 5) is 1.70. The van der Waals surface area contributed by atoms with Crippen LogP contribution in [0.4, 0.5) is 5.69 Å². The SMILES string of the molecule is CCC(N(CC)c1cccc(C)c1)S(=O)(=O)O.[H-].[Na+]. The van der Waals surface area contributed by atoms with Crippen LogP contribution in [-0.4, -0.2) is 24.9 Å². The Labute approximate surface area is 133 Å². The van der Waals surface area contributed by atoms with Gasteiger partial charge in [0, 0.05) is 12.2 Å². The Bertz CT molecular complexity index is 482. The van der Waals surface area contributed by atoms with Gasteiger partial charge in [-0.25, -0.2) is 0 Å². The monoisotopic (exact) mass is 281 g/mol. The number of benzene rings is 1. The number of aryl methyl sites for hydroxylation is 1. The molecule has 1 atom stereocenters. The van der Waals surface area contributed by atoms with Crippen molar-refractivity contribution in [2.45, 2.75) is 32.6 Å². The van der Waals surface area contributed by atoms with E-state index in [0.717, 1.165) is 11.3 Å². The van der Waals surface area contributed by atoms with Crippen molar-refractivity contribution in [2.75, 3.05) is 11.4 Å². The number of hydrogen-bond donors (Lipinski definition) is 1. The molecule has 1 aromatic rings. The van der Waals surface area contributed by atoms with Gasteiger partial charge in [-0.15, -0.1) is 0 Å². The van der Waals surface area contributed by atoms with Gasteiger partial charge in [0.05, 0.1) is 0 Å². The molecule has 0 bridgehead atoms. The minimum absolute atomic E-state index is 0. The second kappa shape index (κ2) is 7.50. The molecule has 6 heteroatoms. The van der Waals surface area contributed by atoms with E-state index in [2.05, 4.69) is 0 Å². The van der Waals surface area contributed by atoms with Gasteiger partial charge in [-0.2, -0.15) is 8.42 Å². The molecule has 18 heavy (non-hydrogen) atoms. The van der Waals surface area contributed by atoms with Crippen molar-refractivity contribution in [1.29, 1.82) is 0 Å². The van der Waals surface area contributed by atoms with Crippen LogP contribution in [0, 0.1) is 6.92 Å². The zero-order chi connectivity index (χ0) is 13.1. The predicted octanol–water partition coefficient (Wildman–Crippen LogP) is -0.438. The fraction of sp³-hybridized carbons (Fsp3) is 0.500. The molecule has 0 aliphatic heterocycles. The maximum Gasteiger partial charge on any atom is 1.00 e. The molecule has 98 valence electrons. The standard InChI is InChI=1S/C12H19NO3S.Na.H/c1-4-12(17(14,15)16)13(5-2)11-8-6-7-10(3)9-11;;/h6-9,12H,4-5H2,1-3H3,(H,14,15,16);;/q;+1;-1. The van der Waals surface area contributed by atoms with Crippen LogP contribution in [0.15, 0.2) is 24.3 Å². The quantitative estimate of drug-likeness (QED) is 0.587. The zero-order valence-electron chi connectivity index (χ0n) is 12.4. The second-order valence-corrected chi connectivity index (χ2v) is 5.58. The first kappa shape index (κ1) is 17.9. The first-order chi connectivity index (χ1) is 7.90. The van der Waals surface area contributed by atoms with Crippen LogP contribution in [0.25, 0.3) is 0 Å². The molecule has 1 aromatic carbocycles. The van der Waals surface area contributed by atoms with Gasteiger partial charge in [-0.3, -0.25) is 4.55 Å². The predicted molar refractivity (Wildman–Crippen MR) is 70.9 cm³/mol. The second-order valence-electron chi connectivity index (χ2n) is 4.00. The molecule has 4 nitrogen and oxygen atoms in total.